The number of aliphatic hydroxyl groups excluding tert-OH is 1. The van der Waals surface area contributed by atoms with Crippen molar-refractivity contribution >= 4 is 17.7 Å². The third-order valence-corrected chi connectivity index (χ3v) is 8.31. The van der Waals surface area contributed by atoms with Gasteiger partial charge in [0.2, 0.25) is 0 Å². The molecule has 8 nitrogen and oxygen atoms in total. The molecule has 8 atom stereocenters. The van der Waals surface area contributed by atoms with E-state index in [1.165, 1.54) is 26.8 Å². The van der Waals surface area contributed by atoms with Gasteiger partial charge in [-0.1, -0.05) is 26.8 Å². The summed E-state index contributed by atoms with van der Waals surface area (Å²) in [4.78, 5) is 37.9. The zero-order valence-electron chi connectivity index (χ0n) is 20.1. The Balaban J connectivity index is 2.35. The molecule has 1 heterocycles. The number of hydrogen-bond donors (Lipinski definition) is 2. The first kappa shape index (κ1) is 24.9. The average Bonchev–Trinajstić information content (AvgIpc) is 2.65. The third kappa shape index (κ3) is 3.10. The first-order chi connectivity index (χ1) is 14.5. The highest BCUT2D eigenvalue weighted by Crippen LogP contribution is 2.67. The highest BCUT2D eigenvalue weighted by atomic mass is 16.6. The number of esters is 2. The standard InChI is InChI=1S/C24H36O8/c1-9-21(6)12-15(27)24(29)22(7)16(30-13(2)25)10-11-20(4,5)18(22)17(31-14(3)26)19(28)23(24,8)32-21/h9,16-19,28-29H,1,10-12H2,2-8H3. The van der Waals surface area contributed by atoms with E-state index in [0.717, 1.165) is 0 Å². The Morgan fingerprint density at radius 2 is 1.69 bits per heavy atom. The van der Waals surface area contributed by atoms with Crippen LogP contribution >= 0.6 is 0 Å². The summed E-state index contributed by atoms with van der Waals surface area (Å²) in [6.45, 7) is 15.0. The summed E-state index contributed by atoms with van der Waals surface area (Å²) >= 11 is 0. The van der Waals surface area contributed by atoms with E-state index in [1.807, 2.05) is 13.8 Å². The van der Waals surface area contributed by atoms with Crippen LogP contribution in [0.5, 0.6) is 0 Å². The second-order valence-electron chi connectivity index (χ2n) is 10.9. The molecule has 3 fully saturated rings. The first-order valence-electron chi connectivity index (χ1n) is 11.1. The number of fused-ring (bicyclic) bond motifs is 3. The lowest BCUT2D eigenvalue weighted by atomic mass is 9.39. The summed E-state index contributed by atoms with van der Waals surface area (Å²) in [5, 5.41) is 23.9. The molecule has 180 valence electrons. The fourth-order valence-electron chi connectivity index (χ4n) is 6.96. The van der Waals surface area contributed by atoms with E-state index in [2.05, 4.69) is 6.58 Å². The Morgan fingerprint density at radius 3 is 2.19 bits per heavy atom. The molecule has 0 spiro atoms. The SMILES string of the molecule is C=CC1(C)CC(=O)C2(O)C(C)(O1)C(O)C(OC(C)=O)C1C(C)(C)CCC(OC(C)=O)C12C. The van der Waals surface area contributed by atoms with Crippen LogP contribution in [-0.4, -0.2) is 63.0 Å². The van der Waals surface area contributed by atoms with Gasteiger partial charge in [-0.25, -0.2) is 0 Å². The van der Waals surface area contributed by atoms with Crippen molar-refractivity contribution in [3.8, 4) is 0 Å². The number of carbonyl (C=O) groups is 3. The molecule has 2 N–H and O–H groups in total. The second kappa shape index (κ2) is 7.37. The van der Waals surface area contributed by atoms with Gasteiger partial charge in [0.25, 0.3) is 0 Å². The molecule has 32 heavy (non-hydrogen) atoms. The van der Waals surface area contributed by atoms with Crippen LogP contribution in [0.2, 0.25) is 0 Å². The molecular weight excluding hydrogens is 416 g/mol. The van der Waals surface area contributed by atoms with Crippen LogP contribution in [-0.2, 0) is 28.6 Å². The summed E-state index contributed by atoms with van der Waals surface area (Å²) in [5.74, 6) is -2.39. The van der Waals surface area contributed by atoms with Crippen molar-refractivity contribution in [1.29, 1.82) is 0 Å². The van der Waals surface area contributed by atoms with E-state index in [1.54, 1.807) is 13.8 Å². The molecule has 3 rings (SSSR count). The summed E-state index contributed by atoms with van der Waals surface area (Å²) < 4.78 is 17.6. The summed E-state index contributed by atoms with van der Waals surface area (Å²) in [5.41, 5.74) is -7.20. The van der Waals surface area contributed by atoms with Crippen molar-refractivity contribution in [3.05, 3.63) is 12.7 Å². The second-order valence-corrected chi connectivity index (χ2v) is 10.9. The van der Waals surface area contributed by atoms with Gasteiger partial charge in [0, 0.05) is 26.2 Å². The molecule has 2 aliphatic carbocycles. The highest BCUT2D eigenvalue weighted by Gasteiger charge is 2.81. The van der Waals surface area contributed by atoms with Crippen molar-refractivity contribution in [1.82, 2.24) is 0 Å². The number of ether oxygens (including phenoxy) is 3. The summed E-state index contributed by atoms with van der Waals surface area (Å²) in [7, 11) is 0. The quantitative estimate of drug-likeness (QED) is 0.493. The summed E-state index contributed by atoms with van der Waals surface area (Å²) in [6, 6.07) is 0. The fourth-order valence-corrected chi connectivity index (χ4v) is 6.96. The third-order valence-electron chi connectivity index (χ3n) is 8.31. The molecule has 2 saturated carbocycles. The number of ketones is 1. The van der Waals surface area contributed by atoms with Crippen LogP contribution in [0.25, 0.3) is 0 Å². The van der Waals surface area contributed by atoms with E-state index < -0.39 is 69.6 Å². The zero-order valence-corrected chi connectivity index (χ0v) is 20.1. The molecule has 0 amide bonds. The number of carbonyl (C=O) groups excluding carboxylic acids is 3. The lowest BCUT2D eigenvalue weighted by molar-refractivity contribution is -0.370. The maximum Gasteiger partial charge on any atom is 0.303 e. The van der Waals surface area contributed by atoms with Gasteiger partial charge >= 0.3 is 11.9 Å². The lowest BCUT2D eigenvalue weighted by Gasteiger charge is -2.71. The molecule has 0 aromatic rings. The zero-order chi connectivity index (χ0) is 24.5. The minimum Gasteiger partial charge on any atom is -0.462 e. The molecule has 1 aliphatic heterocycles. The van der Waals surface area contributed by atoms with E-state index in [-0.39, 0.29) is 6.42 Å². The number of rotatable bonds is 3. The van der Waals surface area contributed by atoms with E-state index in [4.69, 9.17) is 14.2 Å². The van der Waals surface area contributed by atoms with Gasteiger partial charge in [0.15, 0.2) is 11.4 Å². The highest BCUT2D eigenvalue weighted by molar-refractivity contribution is 5.92. The molecule has 3 aliphatic rings. The van der Waals surface area contributed by atoms with Gasteiger partial charge in [0.1, 0.15) is 23.9 Å². The van der Waals surface area contributed by atoms with Crippen LogP contribution in [0.3, 0.4) is 0 Å². The number of hydrogen-bond acceptors (Lipinski definition) is 8. The van der Waals surface area contributed by atoms with Crippen molar-refractivity contribution in [2.75, 3.05) is 0 Å². The molecular formula is C24H36O8. The molecule has 0 bridgehead atoms. The lowest BCUT2D eigenvalue weighted by Crippen LogP contribution is -2.86. The first-order valence-corrected chi connectivity index (χ1v) is 11.1. The van der Waals surface area contributed by atoms with Crippen molar-refractivity contribution in [2.45, 2.75) is 103 Å². The van der Waals surface area contributed by atoms with Gasteiger partial charge in [-0.3, -0.25) is 14.4 Å². The normalized spacial score (nSPS) is 47.6. The number of Topliss-reactive ketones (excluding diaryl/α,β-unsaturated/α-hetero) is 1. The molecule has 8 heteroatoms. The molecule has 0 aromatic carbocycles. The summed E-state index contributed by atoms with van der Waals surface area (Å²) in [6.07, 6.45) is -1.21. The smallest absolute Gasteiger partial charge is 0.303 e. The Hall–Kier alpha value is -1.77. The fraction of sp³-hybridized carbons (Fsp3) is 0.792. The van der Waals surface area contributed by atoms with Gasteiger partial charge in [-0.05, 0) is 32.1 Å². The Labute approximate surface area is 189 Å². The van der Waals surface area contributed by atoms with Crippen LogP contribution in [0.15, 0.2) is 12.7 Å². The Bertz CT molecular complexity index is 851. The Morgan fingerprint density at radius 1 is 1.12 bits per heavy atom. The van der Waals surface area contributed by atoms with E-state index in [0.29, 0.717) is 12.8 Å². The van der Waals surface area contributed by atoms with Crippen molar-refractivity contribution in [3.63, 3.8) is 0 Å². The van der Waals surface area contributed by atoms with Crippen molar-refractivity contribution < 1.29 is 38.8 Å². The van der Waals surface area contributed by atoms with Crippen LogP contribution < -0.4 is 0 Å². The van der Waals surface area contributed by atoms with Gasteiger partial charge in [-0.15, -0.1) is 6.58 Å². The molecule has 0 radical (unpaired) electrons. The minimum absolute atomic E-state index is 0.164. The predicted molar refractivity (Wildman–Crippen MR) is 114 cm³/mol. The van der Waals surface area contributed by atoms with Gasteiger partial charge in [-0.2, -0.15) is 0 Å². The Kier molecular flexibility index (Phi) is 5.72. The minimum atomic E-state index is -2.22. The maximum absolute atomic E-state index is 13.8. The monoisotopic (exact) mass is 452 g/mol. The van der Waals surface area contributed by atoms with Crippen LogP contribution in [0.4, 0.5) is 0 Å². The van der Waals surface area contributed by atoms with Crippen LogP contribution in [0, 0.1) is 16.7 Å². The largest absolute Gasteiger partial charge is 0.462 e. The predicted octanol–water partition coefficient (Wildman–Crippen LogP) is 2.09. The van der Waals surface area contributed by atoms with Gasteiger partial charge in [0.05, 0.1) is 11.0 Å². The molecule has 8 unspecified atom stereocenters. The van der Waals surface area contributed by atoms with E-state index >= 15 is 0 Å². The molecule has 0 aromatic heterocycles. The molecule has 1 saturated heterocycles. The number of aliphatic hydroxyl groups is 2. The maximum atomic E-state index is 13.8. The van der Waals surface area contributed by atoms with Gasteiger partial charge < -0.3 is 24.4 Å². The topological polar surface area (TPSA) is 119 Å². The van der Waals surface area contributed by atoms with Crippen LogP contribution in [0.1, 0.15) is 67.7 Å². The average molecular weight is 453 g/mol. The van der Waals surface area contributed by atoms with E-state index in [9.17, 15) is 24.6 Å². The van der Waals surface area contributed by atoms with Crippen molar-refractivity contribution in [2.24, 2.45) is 16.7 Å².